The summed E-state index contributed by atoms with van der Waals surface area (Å²) in [5, 5.41) is 10.4. The molecule has 174 valence electrons. The van der Waals surface area contributed by atoms with Gasteiger partial charge in [0.2, 0.25) is 5.91 Å². The SMILES string of the molecule is Cc1cn2cc(-c3ccc(-n4nnn(C)c4=O)cc3)cc2c(C(=O)Nc2cccc(C(N)=O)c2)n1. The van der Waals surface area contributed by atoms with Crippen LogP contribution >= 0.6 is 0 Å². The summed E-state index contributed by atoms with van der Waals surface area (Å²) in [6.45, 7) is 1.80. The number of hydrogen-bond donors (Lipinski definition) is 2. The molecule has 5 rings (SSSR count). The summed E-state index contributed by atoms with van der Waals surface area (Å²) >= 11 is 0. The molecule has 3 aromatic heterocycles. The van der Waals surface area contributed by atoms with Crippen LogP contribution in [0.15, 0.2) is 71.8 Å². The lowest BCUT2D eigenvalue weighted by Crippen LogP contribution is -2.21. The molecule has 0 aliphatic heterocycles. The van der Waals surface area contributed by atoms with Crippen LogP contribution in [0, 0.1) is 6.92 Å². The third-order valence-corrected chi connectivity index (χ3v) is 5.49. The predicted molar refractivity (Wildman–Crippen MR) is 128 cm³/mol. The van der Waals surface area contributed by atoms with Gasteiger partial charge in [-0.1, -0.05) is 18.2 Å². The number of carbonyl (C=O) groups is 2. The molecular formula is C24H20N8O3. The largest absolute Gasteiger partial charge is 0.368 e. The van der Waals surface area contributed by atoms with Gasteiger partial charge in [-0.25, -0.2) is 9.78 Å². The van der Waals surface area contributed by atoms with Crippen LogP contribution in [0.4, 0.5) is 5.69 Å². The van der Waals surface area contributed by atoms with Gasteiger partial charge in [0.25, 0.3) is 5.91 Å². The van der Waals surface area contributed by atoms with Crippen molar-refractivity contribution in [2.24, 2.45) is 12.8 Å². The second kappa shape index (κ2) is 8.37. The van der Waals surface area contributed by atoms with E-state index >= 15 is 0 Å². The highest BCUT2D eigenvalue weighted by atomic mass is 16.2. The summed E-state index contributed by atoms with van der Waals surface area (Å²) < 4.78 is 4.21. The fraction of sp³-hybridized carbons (Fsp3) is 0.0833. The molecule has 3 N–H and O–H groups in total. The molecule has 0 spiro atoms. The normalized spacial score (nSPS) is 11.0. The second-order valence-electron chi connectivity index (χ2n) is 8.00. The van der Waals surface area contributed by atoms with E-state index in [4.69, 9.17) is 5.73 Å². The van der Waals surface area contributed by atoms with E-state index in [0.717, 1.165) is 15.8 Å². The molecule has 0 atom stereocenters. The highest BCUT2D eigenvalue weighted by molar-refractivity contribution is 6.08. The van der Waals surface area contributed by atoms with E-state index in [9.17, 15) is 14.4 Å². The number of nitrogens with one attached hydrogen (secondary N) is 1. The van der Waals surface area contributed by atoms with Gasteiger partial charge >= 0.3 is 5.69 Å². The molecule has 5 aromatic rings. The molecule has 11 nitrogen and oxygen atoms in total. The van der Waals surface area contributed by atoms with Crippen molar-refractivity contribution in [3.63, 3.8) is 0 Å². The first kappa shape index (κ1) is 21.8. The topological polar surface area (TPSA) is 142 Å². The van der Waals surface area contributed by atoms with Crippen molar-refractivity contribution in [1.82, 2.24) is 29.2 Å². The van der Waals surface area contributed by atoms with Gasteiger partial charge in [-0.15, -0.1) is 0 Å². The van der Waals surface area contributed by atoms with Crippen LogP contribution in [-0.2, 0) is 7.05 Å². The third-order valence-electron chi connectivity index (χ3n) is 5.49. The molecule has 3 heterocycles. The van der Waals surface area contributed by atoms with Crippen LogP contribution in [0.1, 0.15) is 26.5 Å². The van der Waals surface area contributed by atoms with Crippen molar-refractivity contribution in [2.75, 3.05) is 5.32 Å². The van der Waals surface area contributed by atoms with Gasteiger partial charge in [-0.3, -0.25) is 9.59 Å². The minimum absolute atomic E-state index is 0.239. The minimum atomic E-state index is -0.580. The number of benzene rings is 2. The molecule has 0 saturated carbocycles. The summed E-state index contributed by atoms with van der Waals surface area (Å²) in [6, 6.07) is 15.5. The zero-order valence-corrected chi connectivity index (χ0v) is 18.8. The monoisotopic (exact) mass is 468 g/mol. The zero-order chi connectivity index (χ0) is 24.7. The molecular weight excluding hydrogens is 448 g/mol. The summed E-state index contributed by atoms with van der Waals surface area (Å²) in [5.41, 5.74) is 9.57. The highest BCUT2D eigenvalue weighted by Gasteiger charge is 2.16. The first-order valence-electron chi connectivity index (χ1n) is 10.6. The molecule has 0 saturated heterocycles. The molecule has 35 heavy (non-hydrogen) atoms. The van der Waals surface area contributed by atoms with Gasteiger partial charge in [0, 0.05) is 36.3 Å². The molecule has 2 amide bonds. The van der Waals surface area contributed by atoms with E-state index in [1.54, 1.807) is 37.3 Å². The Hall–Kier alpha value is -5.06. The summed E-state index contributed by atoms with van der Waals surface area (Å²) in [6.07, 6.45) is 3.73. The number of aryl methyl sites for hydroxylation is 2. The number of amides is 2. The second-order valence-corrected chi connectivity index (χ2v) is 8.00. The molecule has 0 radical (unpaired) electrons. The van der Waals surface area contributed by atoms with Crippen LogP contribution in [0.5, 0.6) is 0 Å². The predicted octanol–water partition coefficient (Wildman–Crippen LogP) is 1.94. The van der Waals surface area contributed by atoms with Crippen LogP contribution in [0.2, 0.25) is 0 Å². The summed E-state index contributed by atoms with van der Waals surface area (Å²) in [7, 11) is 1.53. The standard InChI is InChI=1S/C24H20N8O3/c1-14-12-31-13-17(15-6-8-19(9-7-15)32-24(35)30(2)28-29-32)11-20(31)21(26-14)23(34)27-18-5-3-4-16(10-18)22(25)33/h3-13H,1-2H3,(H2,25,33)(H,27,34). The number of hydrogen-bond acceptors (Lipinski definition) is 6. The fourth-order valence-electron chi connectivity index (χ4n) is 3.78. The van der Waals surface area contributed by atoms with Crippen molar-refractivity contribution in [3.8, 4) is 16.8 Å². The van der Waals surface area contributed by atoms with Crippen molar-refractivity contribution >= 4 is 23.0 Å². The molecule has 0 aliphatic rings. The van der Waals surface area contributed by atoms with Gasteiger partial charge < -0.3 is 15.5 Å². The van der Waals surface area contributed by atoms with Gasteiger partial charge in [0.15, 0.2) is 5.69 Å². The maximum absolute atomic E-state index is 13.1. The molecule has 0 bridgehead atoms. The number of aromatic nitrogens is 6. The van der Waals surface area contributed by atoms with Crippen LogP contribution in [0.25, 0.3) is 22.3 Å². The highest BCUT2D eigenvalue weighted by Crippen LogP contribution is 2.26. The van der Waals surface area contributed by atoms with Crippen LogP contribution in [-0.4, -0.2) is 41.0 Å². The average Bonchev–Trinajstić information content (AvgIpc) is 3.42. The van der Waals surface area contributed by atoms with E-state index in [-0.39, 0.29) is 11.4 Å². The number of nitrogens with two attached hydrogens (primary N) is 1. The first-order valence-corrected chi connectivity index (χ1v) is 10.6. The van der Waals surface area contributed by atoms with Gasteiger partial charge in [0.05, 0.1) is 16.9 Å². The van der Waals surface area contributed by atoms with E-state index in [0.29, 0.717) is 28.1 Å². The molecule has 0 unspecified atom stereocenters. The lowest BCUT2D eigenvalue weighted by atomic mass is 10.1. The quantitative estimate of drug-likeness (QED) is 0.404. The minimum Gasteiger partial charge on any atom is -0.366 e. The number of nitrogens with zero attached hydrogens (tertiary/aromatic N) is 6. The fourth-order valence-corrected chi connectivity index (χ4v) is 3.78. The molecule has 0 fully saturated rings. The zero-order valence-electron chi connectivity index (χ0n) is 18.8. The first-order chi connectivity index (χ1) is 16.8. The van der Waals surface area contributed by atoms with E-state index < -0.39 is 11.8 Å². The van der Waals surface area contributed by atoms with Crippen LogP contribution < -0.4 is 16.7 Å². The number of carbonyl (C=O) groups excluding carboxylic acids is 2. The molecule has 0 aliphatic carbocycles. The van der Waals surface area contributed by atoms with Crippen molar-refractivity contribution in [1.29, 1.82) is 0 Å². The van der Waals surface area contributed by atoms with Crippen LogP contribution in [0.3, 0.4) is 0 Å². The Kier molecular flexibility index (Phi) is 5.21. The Labute approximate surface area is 198 Å². The number of fused-ring (bicyclic) bond motifs is 1. The van der Waals surface area contributed by atoms with Crippen molar-refractivity contribution < 1.29 is 9.59 Å². The number of anilines is 1. The van der Waals surface area contributed by atoms with Gasteiger partial charge in [0.1, 0.15) is 0 Å². The number of rotatable bonds is 5. The smallest absolute Gasteiger partial charge is 0.366 e. The Bertz CT molecular complexity index is 1660. The summed E-state index contributed by atoms with van der Waals surface area (Å²) in [5.74, 6) is -0.994. The lowest BCUT2D eigenvalue weighted by molar-refractivity contribution is 0.0995. The average molecular weight is 468 g/mol. The maximum Gasteiger partial charge on any atom is 0.368 e. The number of primary amides is 1. The van der Waals surface area contributed by atoms with Crippen molar-refractivity contribution in [2.45, 2.75) is 6.92 Å². The van der Waals surface area contributed by atoms with E-state index in [1.165, 1.54) is 17.8 Å². The Morgan fingerprint density at radius 1 is 0.971 bits per heavy atom. The third kappa shape index (κ3) is 4.06. The van der Waals surface area contributed by atoms with E-state index in [1.807, 2.05) is 35.0 Å². The maximum atomic E-state index is 13.1. The Morgan fingerprint density at radius 3 is 2.43 bits per heavy atom. The lowest BCUT2D eigenvalue weighted by Gasteiger charge is -2.08. The van der Waals surface area contributed by atoms with Crippen molar-refractivity contribution in [3.05, 3.63) is 94.4 Å². The van der Waals surface area contributed by atoms with Gasteiger partial charge in [-0.2, -0.15) is 9.36 Å². The van der Waals surface area contributed by atoms with Gasteiger partial charge in [-0.05, 0) is 59.3 Å². The summed E-state index contributed by atoms with van der Waals surface area (Å²) in [4.78, 5) is 41.1. The Balaban J connectivity index is 1.48. The Morgan fingerprint density at radius 2 is 1.74 bits per heavy atom. The number of tetrazole rings is 1. The van der Waals surface area contributed by atoms with E-state index in [2.05, 4.69) is 20.7 Å². The molecule has 11 heteroatoms. The molecule has 2 aromatic carbocycles.